The van der Waals surface area contributed by atoms with E-state index >= 15 is 0 Å². The summed E-state index contributed by atoms with van der Waals surface area (Å²) >= 11 is 0. The van der Waals surface area contributed by atoms with Crippen LogP contribution in [0.5, 0.6) is 0 Å². The van der Waals surface area contributed by atoms with Gasteiger partial charge in [0.05, 0.1) is 13.1 Å². The molecule has 3 rings (SSSR count). The average molecular weight is 315 g/mol. The minimum Gasteiger partial charge on any atom is -0.475 e. The summed E-state index contributed by atoms with van der Waals surface area (Å²) in [5.74, 6) is -2.01. The lowest BCUT2D eigenvalue weighted by molar-refractivity contribution is -0.143. The molecule has 1 saturated heterocycles. The Hall–Kier alpha value is -3.16. The van der Waals surface area contributed by atoms with Crippen LogP contribution in [-0.4, -0.2) is 53.1 Å². The third-order valence-electron chi connectivity index (χ3n) is 3.63. The molecule has 0 aliphatic carbocycles. The molecular weight excluding hydrogens is 302 g/mol. The Morgan fingerprint density at radius 3 is 2.52 bits per heavy atom. The van der Waals surface area contributed by atoms with E-state index in [1.54, 1.807) is 29.2 Å². The van der Waals surface area contributed by atoms with Crippen molar-refractivity contribution in [3.63, 3.8) is 0 Å². The van der Waals surface area contributed by atoms with E-state index in [1.807, 2.05) is 0 Å². The predicted molar refractivity (Wildman–Crippen MR) is 78.9 cm³/mol. The predicted octanol–water partition coefficient (Wildman–Crippen LogP) is 0.845. The first-order valence-corrected chi connectivity index (χ1v) is 6.80. The van der Waals surface area contributed by atoms with E-state index in [2.05, 4.69) is 5.16 Å². The Balaban J connectivity index is 1.89. The summed E-state index contributed by atoms with van der Waals surface area (Å²) in [5.41, 5.74) is 1.69. The van der Waals surface area contributed by atoms with Gasteiger partial charge in [-0.25, -0.2) is 4.79 Å². The van der Waals surface area contributed by atoms with Gasteiger partial charge in [-0.15, -0.1) is 0 Å². The number of rotatable bonds is 3. The van der Waals surface area contributed by atoms with Crippen LogP contribution < -0.4 is 4.90 Å². The minimum atomic E-state index is -1.20. The number of carbonyl (C=O) groups excluding carboxylic acids is 2. The third kappa shape index (κ3) is 2.78. The number of likely N-dealkylation sites (N-methyl/N-ethyl adjacent to an activating group) is 1. The molecule has 1 fully saturated rings. The Morgan fingerprint density at radius 2 is 1.91 bits per heavy atom. The lowest BCUT2D eigenvalue weighted by Gasteiger charge is -2.32. The second-order valence-corrected chi connectivity index (χ2v) is 5.13. The summed E-state index contributed by atoms with van der Waals surface area (Å²) in [4.78, 5) is 37.2. The highest BCUT2D eigenvalue weighted by Gasteiger charge is 2.28. The number of carboxylic acid groups (broad SMARTS) is 1. The maximum Gasteiger partial charge on any atom is 0.374 e. The molecule has 1 aromatic carbocycles. The van der Waals surface area contributed by atoms with Crippen molar-refractivity contribution < 1.29 is 24.0 Å². The molecule has 118 valence electrons. The molecule has 1 N–H and O–H groups in total. The van der Waals surface area contributed by atoms with Gasteiger partial charge in [-0.3, -0.25) is 14.5 Å². The van der Waals surface area contributed by atoms with Crippen molar-refractivity contribution in [3.05, 3.63) is 36.1 Å². The first-order chi connectivity index (χ1) is 11.0. The van der Waals surface area contributed by atoms with Crippen molar-refractivity contribution in [1.29, 1.82) is 0 Å². The monoisotopic (exact) mass is 315 g/mol. The standard InChI is InChI=1S/C15H13N3O5/c1-17-13(19)7-18(8-14(17)20)10-4-2-3-9(5-10)11-6-12(15(21)22)23-16-11/h2-6H,7-8H2,1H3,(H,21,22). The van der Waals surface area contributed by atoms with Crippen LogP contribution in [0.2, 0.25) is 0 Å². The molecule has 1 aromatic heterocycles. The second kappa shape index (κ2) is 5.56. The van der Waals surface area contributed by atoms with Gasteiger partial charge >= 0.3 is 5.97 Å². The maximum absolute atomic E-state index is 11.8. The number of benzene rings is 1. The van der Waals surface area contributed by atoms with Gasteiger partial charge < -0.3 is 14.5 Å². The fraction of sp³-hybridized carbons (Fsp3) is 0.200. The summed E-state index contributed by atoms with van der Waals surface area (Å²) in [5, 5.41) is 12.6. The van der Waals surface area contributed by atoms with Crippen LogP contribution in [-0.2, 0) is 9.59 Å². The van der Waals surface area contributed by atoms with E-state index in [0.29, 0.717) is 16.9 Å². The van der Waals surface area contributed by atoms with Gasteiger partial charge in [0, 0.05) is 24.4 Å². The molecule has 8 heteroatoms. The van der Waals surface area contributed by atoms with Crippen LogP contribution in [0.4, 0.5) is 5.69 Å². The number of aromatic nitrogens is 1. The molecule has 2 aromatic rings. The fourth-order valence-electron chi connectivity index (χ4n) is 2.29. The molecule has 23 heavy (non-hydrogen) atoms. The molecule has 0 atom stereocenters. The van der Waals surface area contributed by atoms with Crippen molar-refractivity contribution in [2.24, 2.45) is 0 Å². The van der Waals surface area contributed by atoms with Crippen molar-refractivity contribution >= 4 is 23.5 Å². The molecule has 0 bridgehead atoms. The number of hydrogen-bond acceptors (Lipinski definition) is 6. The quantitative estimate of drug-likeness (QED) is 0.837. The van der Waals surface area contributed by atoms with Gasteiger partial charge in [0.15, 0.2) is 0 Å². The van der Waals surface area contributed by atoms with Gasteiger partial charge in [-0.05, 0) is 12.1 Å². The summed E-state index contributed by atoms with van der Waals surface area (Å²) in [6.45, 7) is 0.204. The van der Waals surface area contributed by atoms with Crippen LogP contribution in [0.15, 0.2) is 34.9 Å². The highest BCUT2D eigenvalue weighted by atomic mass is 16.5. The zero-order valence-electron chi connectivity index (χ0n) is 12.2. The van der Waals surface area contributed by atoms with Crippen molar-refractivity contribution in [2.45, 2.75) is 0 Å². The smallest absolute Gasteiger partial charge is 0.374 e. The average Bonchev–Trinajstić information content (AvgIpc) is 3.02. The number of piperazine rings is 1. The van der Waals surface area contributed by atoms with Crippen LogP contribution in [0, 0.1) is 0 Å². The Labute approximate surface area is 130 Å². The number of amides is 2. The molecule has 2 heterocycles. The van der Waals surface area contributed by atoms with Gasteiger partial charge in [0.1, 0.15) is 5.69 Å². The first kappa shape index (κ1) is 14.8. The van der Waals surface area contributed by atoms with E-state index in [0.717, 1.165) is 4.90 Å². The number of anilines is 1. The number of carboxylic acids is 1. The molecule has 0 radical (unpaired) electrons. The largest absolute Gasteiger partial charge is 0.475 e. The van der Waals surface area contributed by atoms with Crippen LogP contribution in [0.1, 0.15) is 10.6 Å². The van der Waals surface area contributed by atoms with Crippen molar-refractivity contribution in [2.75, 3.05) is 25.0 Å². The molecule has 0 spiro atoms. The zero-order chi connectivity index (χ0) is 16.6. The number of imide groups is 1. The Bertz CT molecular complexity index is 780. The first-order valence-electron chi connectivity index (χ1n) is 6.80. The van der Waals surface area contributed by atoms with Gasteiger partial charge in [0.25, 0.3) is 0 Å². The highest BCUT2D eigenvalue weighted by molar-refractivity contribution is 6.02. The normalized spacial score (nSPS) is 15.2. The molecule has 0 saturated carbocycles. The van der Waals surface area contributed by atoms with E-state index in [9.17, 15) is 14.4 Å². The van der Waals surface area contributed by atoms with E-state index in [1.165, 1.54) is 13.1 Å². The fourth-order valence-corrected chi connectivity index (χ4v) is 2.29. The molecule has 1 aliphatic rings. The number of aromatic carboxylic acids is 1. The minimum absolute atomic E-state index is 0.102. The second-order valence-electron chi connectivity index (χ2n) is 5.13. The SMILES string of the molecule is CN1C(=O)CN(c2cccc(-c3cc(C(=O)O)on3)c2)CC1=O. The molecule has 0 unspecified atom stereocenters. The van der Waals surface area contributed by atoms with Crippen LogP contribution in [0.3, 0.4) is 0 Å². The van der Waals surface area contributed by atoms with E-state index in [4.69, 9.17) is 9.63 Å². The summed E-state index contributed by atoms with van der Waals surface area (Å²) in [7, 11) is 1.46. The molecule has 8 nitrogen and oxygen atoms in total. The van der Waals surface area contributed by atoms with Gasteiger partial charge in [-0.1, -0.05) is 17.3 Å². The summed E-state index contributed by atoms with van der Waals surface area (Å²) in [6, 6.07) is 8.31. The molecule has 1 aliphatic heterocycles. The lowest BCUT2D eigenvalue weighted by atomic mass is 10.1. The third-order valence-corrected chi connectivity index (χ3v) is 3.63. The molecular formula is C15H13N3O5. The Kier molecular flexibility index (Phi) is 3.57. The maximum atomic E-state index is 11.8. The number of carbonyl (C=O) groups is 3. The van der Waals surface area contributed by atoms with E-state index < -0.39 is 5.97 Å². The summed E-state index contributed by atoms with van der Waals surface area (Å²) < 4.78 is 4.74. The zero-order valence-corrected chi connectivity index (χ0v) is 12.2. The van der Waals surface area contributed by atoms with Gasteiger partial charge in [-0.2, -0.15) is 0 Å². The molecule has 2 amide bonds. The van der Waals surface area contributed by atoms with Crippen LogP contribution >= 0.6 is 0 Å². The van der Waals surface area contributed by atoms with Crippen molar-refractivity contribution in [1.82, 2.24) is 10.1 Å². The van der Waals surface area contributed by atoms with Crippen LogP contribution in [0.25, 0.3) is 11.3 Å². The number of hydrogen-bond donors (Lipinski definition) is 1. The van der Waals surface area contributed by atoms with Crippen molar-refractivity contribution in [3.8, 4) is 11.3 Å². The lowest BCUT2D eigenvalue weighted by Crippen LogP contribution is -2.52. The highest BCUT2D eigenvalue weighted by Crippen LogP contribution is 2.25. The number of nitrogens with zero attached hydrogens (tertiary/aromatic N) is 3. The topological polar surface area (TPSA) is 104 Å². The van der Waals surface area contributed by atoms with E-state index in [-0.39, 0.29) is 30.7 Å². The summed E-state index contributed by atoms with van der Waals surface area (Å²) in [6.07, 6.45) is 0. The Morgan fingerprint density at radius 1 is 1.22 bits per heavy atom. The van der Waals surface area contributed by atoms with Gasteiger partial charge in [0.2, 0.25) is 17.6 Å².